The normalized spacial score (nSPS) is 12.6. The third kappa shape index (κ3) is 10.3. The summed E-state index contributed by atoms with van der Waals surface area (Å²) in [5.74, 6) is 4.32. The zero-order valence-corrected chi connectivity index (χ0v) is 35.2. The van der Waals surface area contributed by atoms with Gasteiger partial charge in [0.25, 0.3) is 0 Å². The first-order valence-electron chi connectivity index (χ1n) is 17.6. The van der Waals surface area contributed by atoms with Crippen LogP contribution in [0.4, 0.5) is 5.69 Å². The van der Waals surface area contributed by atoms with Gasteiger partial charge in [-0.05, 0) is 96.8 Å². The molecule has 5 aromatic rings. The monoisotopic (exact) mass is 828 g/mol. The number of pyridine rings is 2. The lowest BCUT2D eigenvalue weighted by atomic mass is 10.00. The molecule has 0 spiro atoms. The molecule has 3 aromatic carbocycles. The van der Waals surface area contributed by atoms with Gasteiger partial charge in [-0.25, -0.2) is 0 Å². The molecule has 14 heteroatoms. The molecular formula is C42H51Cl3N4O7. The predicted octanol–water partition coefficient (Wildman–Crippen LogP) is 8.81. The van der Waals surface area contributed by atoms with Crippen LogP contribution in [0.15, 0.2) is 85.2 Å². The maximum atomic E-state index is 5.62. The molecule has 2 aromatic heterocycles. The first-order valence-corrected chi connectivity index (χ1v) is 17.6. The van der Waals surface area contributed by atoms with Crippen LogP contribution in [0.1, 0.15) is 24.0 Å². The highest BCUT2D eigenvalue weighted by Crippen LogP contribution is 2.42. The van der Waals surface area contributed by atoms with Crippen LogP contribution in [0.25, 0.3) is 22.5 Å². The topological polar surface area (TPSA) is 96.9 Å². The van der Waals surface area contributed by atoms with Gasteiger partial charge in [0, 0.05) is 61.4 Å². The van der Waals surface area contributed by atoms with E-state index in [9.17, 15) is 0 Å². The highest BCUT2D eigenvalue weighted by molar-refractivity contribution is 5.86. The van der Waals surface area contributed by atoms with Crippen molar-refractivity contribution in [2.45, 2.75) is 32.0 Å². The van der Waals surface area contributed by atoms with Crippen LogP contribution in [0.5, 0.6) is 40.2 Å². The number of halogens is 3. The maximum absolute atomic E-state index is 5.62. The Bertz CT molecular complexity index is 1950. The van der Waals surface area contributed by atoms with Crippen LogP contribution in [-0.2, 0) is 13.1 Å². The van der Waals surface area contributed by atoms with E-state index in [4.69, 9.17) is 38.1 Å². The third-order valence-corrected chi connectivity index (χ3v) is 9.73. The van der Waals surface area contributed by atoms with Gasteiger partial charge in [-0.15, -0.1) is 37.2 Å². The Labute approximate surface area is 348 Å². The van der Waals surface area contributed by atoms with Crippen molar-refractivity contribution < 1.29 is 33.2 Å². The molecule has 1 saturated heterocycles. The van der Waals surface area contributed by atoms with E-state index < -0.39 is 0 Å². The molecule has 0 N–H and O–H groups in total. The largest absolute Gasteiger partial charge is 0.497 e. The smallest absolute Gasteiger partial charge is 0.203 e. The lowest BCUT2D eigenvalue weighted by Gasteiger charge is -2.40. The molecule has 0 unspecified atom stereocenters. The van der Waals surface area contributed by atoms with Gasteiger partial charge in [-0.2, -0.15) is 0 Å². The predicted molar refractivity (Wildman–Crippen MR) is 228 cm³/mol. The molecule has 3 heterocycles. The second-order valence-corrected chi connectivity index (χ2v) is 12.8. The summed E-state index contributed by atoms with van der Waals surface area (Å²) in [6.07, 6.45) is 5.76. The van der Waals surface area contributed by atoms with Crippen LogP contribution >= 0.6 is 37.2 Å². The number of hydrogen-bond acceptors (Lipinski definition) is 11. The number of nitrogens with zero attached hydrogens (tertiary/aromatic N) is 4. The van der Waals surface area contributed by atoms with E-state index in [0.717, 1.165) is 78.5 Å². The minimum absolute atomic E-state index is 0. The molecule has 6 rings (SSSR count). The average Bonchev–Trinajstić information content (AvgIpc) is 3.22. The summed E-state index contributed by atoms with van der Waals surface area (Å²) in [6, 6.07) is 24.9. The van der Waals surface area contributed by atoms with Crippen molar-refractivity contribution in [3.05, 3.63) is 96.3 Å². The van der Waals surface area contributed by atoms with E-state index in [-0.39, 0.29) is 37.2 Å². The van der Waals surface area contributed by atoms with E-state index in [1.807, 2.05) is 48.8 Å². The second kappa shape index (κ2) is 21.5. The lowest BCUT2D eigenvalue weighted by molar-refractivity contribution is 0.201. The summed E-state index contributed by atoms with van der Waals surface area (Å²) >= 11 is 0. The molecule has 1 fully saturated rings. The summed E-state index contributed by atoms with van der Waals surface area (Å²) in [7, 11) is 11.4. The molecule has 1 aliphatic heterocycles. The van der Waals surface area contributed by atoms with Crippen LogP contribution < -0.4 is 38.1 Å². The van der Waals surface area contributed by atoms with Gasteiger partial charge in [-0.3, -0.25) is 14.9 Å². The number of anilines is 1. The van der Waals surface area contributed by atoms with Crippen molar-refractivity contribution in [3.63, 3.8) is 0 Å². The number of methoxy groups -OCH3 is 7. The van der Waals surface area contributed by atoms with E-state index >= 15 is 0 Å². The molecule has 0 aliphatic carbocycles. The molecule has 0 radical (unpaired) electrons. The van der Waals surface area contributed by atoms with Gasteiger partial charge in [0.2, 0.25) is 11.5 Å². The molecule has 0 atom stereocenters. The maximum Gasteiger partial charge on any atom is 0.203 e. The summed E-state index contributed by atoms with van der Waals surface area (Å²) in [6.45, 7) is 3.48. The Balaban J connectivity index is 0.00000280. The number of likely N-dealkylation sites (tertiary alicyclic amines) is 1. The Kier molecular flexibility index (Phi) is 17.5. The molecule has 0 amide bonds. The Hall–Kier alpha value is -4.81. The molecule has 1 aliphatic rings. The highest BCUT2D eigenvalue weighted by Gasteiger charge is 2.26. The van der Waals surface area contributed by atoms with Crippen LogP contribution in [0.2, 0.25) is 0 Å². The number of benzene rings is 3. The lowest BCUT2D eigenvalue weighted by Crippen LogP contribution is -2.44. The van der Waals surface area contributed by atoms with Crippen molar-refractivity contribution in [1.82, 2.24) is 14.9 Å². The molecule has 0 saturated carbocycles. The number of rotatable bonds is 15. The van der Waals surface area contributed by atoms with E-state index in [2.05, 4.69) is 51.2 Å². The number of hydrogen-bond donors (Lipinski definition) is 0. The highest BCUT2D eigenvalue weighted by atomic mass is 35.5. The van der Waals surface area contributed by atoms with Crippen molar-refractivity contribution in [2.75, 3.05) is 67.8 Å². The fraction of sp³-hybridized carbons (Fsp3) is 0.333. The molecule has 56 heavy (non-hydrogen) atoms. The third-order valence-electron chi connectivity index (χ3n) is 9.73. The fourth-order valence-corrected chi connectivity index (χ4v) is 6.97. The second-order valence-electron chi connectivity index (χ2n) is 12.8. The van der Waals surface area contributed by atoms with Gasteiger partial charge in [0.1, 0.15) is 5.75 Å². The summed E-state index contributed by atoms with van der Waals surface area (Å²) in [5.41, 5.74) is 6.97. The van der Waals surface area contributed by atoms with Gasteiger partial charge >= 0.3 is 0 Å². The standard InChI is InChI=1S/C42H48N4O7.3ClH/c1-47-34-10-8-32(9-11-34)46(27-29-13-17-44-36(21-29)31-24-39(50-4)42(53-7)40(25-31)51-5)33-14-18-45(19-15-33)26-28-12-16-43-35(20-28)30-22-37(48-2)41(52-6)38(23-30)49-3;;;/h8-13,16-17,20-25,33H,14-15,18-19,26-27H2,1-7H3;3*1H. The van der Waals surface area contributed by atoms with Gasteiger partial charge in [-0.1, -0.05) is 0 Å². The zero-order chi connectivity index (χ0) is 37.3. The van der Waals surface area contributed by atoms with Crippen LogP contribution in [0, 0.1) is 0 Å². The van der Waals surface area contributed by atoms with Gasteiger partial charge in [0.15, 0.2) is 23.0 Å². The van der Waals surface area contributed by atoms with Crippen molar-refractivity contribution in [2.24, 2.45) is 0 Å². The summed E-state index contributed by atoms with van der Waals surface area (Å²) in [4.78, 5) is 14.4. The first kappa shape index (κ1) is 45.6. The van der Waals surface area contributed by atoms with Crippen molar-refractivity contribution >= 4 is 42.9 Å². The Morgan fingerprint density at radius 1 is 0.554 bits per heavy atom. The van der Waals surface area contributed by atoms with Gasteiger partial charge < -0.3 is 38.1 Å². The summed E-state index contributed by atoms with van der Waals surface area (Å²) in [5, 5.41) is 0. The van der Waals surface area contributed by atoms with E-state index in [1.165, 1.54) is 5.56 Å². The Morgan fingerprint density at radius 2 is 1.00 bits per heavy atom. The fourth-order valence-electron chi connectivity index (χ4n) is 6.97. The average molecular weight is 830 g/mol. The minimum atomic E-state index is 0. The zero-order valence-electron chi connectivity index (χ0n) is 32.8. The van der Waals surface area contributed by atoms with Crippen LogP contribution in [-0.4, -0.2) is 83.8 Å². The molecule has 302 valence electrons. The Morgan fingerprint density at radius 3 is 1.43 bits per heavy atom. The van der Waals surface area contributed by atoms with Gasteiger partial charge in [0.05, 0.1) is 61.2 Å². The van der Waals surface area contributed by atoms with Crippen molar-refractivity contribution in [3.8, 4) is 62.8 Å². The van der Waals surface area contributed by atoms with E-state index in [1.54, 1.807) is 49.8 Å². The molecular weight excluding hydrogens is 779 g/mol. The summed E-state index contributed by atoms with van der Waals surface area (Å²) < 4.78 is 38.9. The quantitative estimate of drug-likeness (QED) is 0.101. The molecule has 11 nitrogen and oxygen atoms in total. The molecule has 0 bridgehead atoms. The minimum Gasteiger partial charge on any atom is -0.497 e. The van der Waals surface area contributed by atoms with Crippen molar-refractivity contribution in [1.29, 1.82) is 0 Å². The van der Waals surface area contributed by atoms with E-state index in [0.29, 0.717) is 40.5 Å². The SMILES string of the molecule is COc1ccc(N(Cc2ccnc(-c3cc(OC)c(OC)c(OC)c3)c2)C2CCN(Cc3ccnc(-c4cc(OC)c(OC)c(OC)c4)c3)CC2)cc1.Cl.Cl.Cl. The number of piperidine rings is 1. The van der Waals surface area contributed by atoms with Crippen LogP contribution in [0.3, 0.4) is 0 Å². The first-order chi connectivity index (χ1) is 25.9. The number of aromatic nitrogens is 2. The number of ether oxygens (including phenoxy) is 7.